The standard InChI is InChI=1S/C15H20N4OS/c1-9(2)14-17-16-13-8-18(5-6-19(13)14)15(20)12-7-10(3)21-11(12)4/h7,9H,5-6,8H2,1-4H3. The van der Waals surface area contributed by atoms with Crippen molar-refractivity contribution in [2.45, 2.75) is 46.7 Å². The molecule has 5 nitrogen and oxygen atoms in total. The van der Waals surface area contributed by atoms with Gasteiger partial charge in [-0.1, -0.05) is 13.8 Å². The second-order valence-corrected chi connectivity index (χ2v) is 7.29. The van der Waals surface area contributed by atoms with Gasteiger partial charge in [0.05, 0.1) is 12.1 Å². The lowest BCUT2D eigenvalue weighted by atomic mass is 10.2. The molecular weight excluding hydrogens is 284 g/mol. The lowest BCUT2D eigenvalue weighted by Gasteiger charge is -2.28. The molecule has 2 aromatic heterocycles. The number of hydrogen-bond donors (Lipinski definition) is 0. The fraction of sp³-hybridized carbons (Fsp3) is 0.533. The average Bonchev–Trinajstić information content (AvgIpc) is 3.00. The lowest BCUT2D eigenvalue weighted by Crippen LogP contribution is -2.39. The minimum Gasteiger partial charge on any atom is -0.329 e. The Morgan fingerprint density at radius 2 is 2.05 bits per heavy atom. The zero-order valence-corrected chi connectivity index (χ0v) is 13.7. The van der Waals surface area contributed by atoms with Gasteiger partial charge in [-0.25, -0.2) is 0 Å². The Labute approximate surface area is 128 Å². The summed E-state index contributed by atoms with van der Waals surface area (Å²) in [5.74, 6) is 2.37. The predicted octanol–water partition coefficient (Wildman–Crippen LogP) is 2.74. The molecule has 6 heteroatoms. The van der Waals surface area contributed by atoms with E-state index >= 15 is 0 Å². The molecule has 0 saturated heterocycles. The van der Waals surface area contributed by atoms with Crippen molar-refractivity contribution in [3.63, 3.8) is 0 Å². The Bertz CT molecular complexity index is 686. The minimum absolute atomic E-state index is 0.109. The van der Waals surface area contributed by atoms with Gasteiger partial charge in [0, 0.05) is 28.8 Å². The number of carbonyl (C=O) groups excluding carboxylic acids is 1. The van der Waals surface area contributed by atoms with Crippen molar-refractivity contribution in [1.29, 1.82) is 0 Å². The molecular formula is C15H20N4OS. The number of fused-ring (bicyclic) bond motifs is 1. The molecule has 0 spiro atoms. The molecule has 0 aliphatic carbocycles. The van der Waals surface area contributed by atoms with E-state index in [-0.39, 0.29) is 5.91 Å². The summed E-state index contributed by atoms with van der Waals surface area (Å²) in [6.07, 6.45) is 0. The van der Waals surface area contributed by atoms with Crippen molar-refractivity contribution in [2.24, 2.45) is 0 Å². The summed E-state index contributed by atoms with van der Waals surface area (Å²) >= 11 is 1.67. The van der Waals surface area contributed by atoms with Crippen LogP contribution in [0.15, 0.2) is 6.07 Å². The highest BCUT2D eigenvalue weighted by Gasteiger charge is 2.27. The summed E-state index contributed by atoms with van der Waals surface area (Å²) in [4.78, 5) is 16.8. The van der Waals surface area contributed by atoms with E-state index in [4.69, 9.17) is 0 Å². The fourth-order valence-electron chi connectivity index (χ4n) is 2.79. The molecule has 0 radical (unpaired) electrons. The van der Waals surface area contributed by atoms with Gasteiger partial charge >= 0.3 is 0 Å². The van der Waals surface area contributed by atoms with Gasteiger partial charge in [-0.3, -0.25) is 4.79 Å². The maximum atomic E-state index is 12.7. The third-order valence-corrected chi connectivity index (χ3v) is 4.82. The van der Waals surface area contributed by atoms with Gasteiger partial charge in [0.2, 0.25) is 0 Å². The number of carbonyl (C=O) groups is 1. The Balaban J connectivity index is 1.83. The van der Waals surface area contributed by atoms with Gasteiger partial charge in [-0.2, -0.15) is 0 Å². The Morgan fingerprint density at radius 3 is 2.67 bits per heavy atom. The molecule has 3 heterocycles. The van der Waals surface area contributed by atoms with E-state index in [1.807, 2.05) is 24.8 Å². The molecule has 21 heavy (non-hydrogen) atoms. The molecule has 0 saturated carbocycles. The van der Waals surface area contributed by atoms with Crippen LogP contribution in [0.5, 0.6) is 0 Å². The van der Waals surface area contributed by atoms with E-state index in [0.29, 0.717) is 12.5 Å². The zero-order chi connectivity index (χ0) is 15.1. The zero-order valence-electron chi connectivity index (χ0n) is 12.9. The van der Waals surface area contributed by atoms with Crippen molar-refractivity contribution in [3.05, 3.63) is 33.0 Å². The predicted molar refractivity (Wildman–Crippen MR) is 82.6 cm³/mol. The summed E-state index contributed by atoms with van der Waals surface area (Å²) in [5.41, 5.74) is 0.828. The molecule has 0 N–H and O–H groups in total. The Hall–Kier alpha value is -1.69. The number of amides is 1. The van der Waals surface area contributed by atoms with Crippen LogP contribution < -0.4 is 0 Å². The monoisotopic (exact) mass is 304 g/mol. The number of nitrogens with zero attached hydrogens (tertiary/aromatic N) is 4. The first kappa shape index (κ1) is 14.3. The number of thiophene rings is 1. The third kappa shape index (κ3) is 2.48. The molecule has 0 aromatic carbocycles. The van der Waals surface area contributed by atoms with Crippen LogP contribution in [0.1, 0.15) is 51.5 Å². The molecule has 3 rings (SSSR count). The van der Waals surface area contributed by atoms with E-state index in [1.165, 1.54) is 4.88 Å². The van der Waals surface area contributed by atoms with E-state index in [2.05, 4.69) is 28.6 Å². The van der Waals surface area contributed by atoms with Gasteiger partial charge in [-0.15, -0.1) is 21.5 Å². The van der Waals surface area contributed by atoms with Gasteiger partial charge in [0.1, 0.15) is 5.82 Å². The average molecular weight is 304 g/mol. The molecule has 1 aliphatic rings. The van der Waals surface area contributed by atoms with Gasteiger partial charge in [0.25, 0.3) is 5.91 Å². The lowest BCUT2D eigenvalue weighted by molar-refractivity contribution is 0.0706. The van der Waals surface area contributed by atoms with E-state index < -0.39 is 0 Å². The molecule has 0 unspecified atom stereocenters. The molecule has 0 atom stereocenters. The molecule has 0 bridgehead atoms. The van der Waals surface area contributed by atoms with Crippen molar-refractivity contribution >= 4 is 17.2 Å². The quantitative estimate of drug-likeness (QED) is 0.857. The van der Waals surface area contributed by atoms with E-state index in [0.717, 1.165) is 35.2 Å². The second kappa shape index (κ2) is 5.26. The van der Waals surface area contributed by atoms with Crippen LogP contribution in [0.4, 0.5) is 0 Å². The second-order valence-electron chi connectivity index (χ2n) is 5.83. The number of aromatic nitrogens is 3. The largest absolute Gasteiger partial charge is 0.329 e. The highest BCUT2D eigenvalue weighted by atomic mass is 32.1. The van der Waals surface area contributed by atoms with Crippen molar-refractivity contribution < 1.29 is 4.79 Å². The third-order valence-electron chi connectivity index (χ3n) is 3.86. The normalized spacial score (nSPS) is 14.6. The Morgan fingerprint density at radius 1 is 1.29 bits per heavy atom. The van der Waals surface area contributed by atoms with Crippen molar-refractivity contribution in [3.8, 4) is 0 Å². The summed E-state index contributed by atoms with van der Waals surface area (Å²) in [6, 6.07) is 1.99. The SMILES string of the molecule is Cc1cc(C(=O)N2CCn3c(nnc3C(C)C)C2)c(C)s1. The van der Waals surface area contributed by atoms with Gasteiger partial charge in [0.15, 0.2) is 5.82 Å². The molecule has 0 fully saturated rings. The first-order valence-corrected chi connectivity index (χ1v) is 8.07. The maximum Gasteiger partial charge on any atom is 0.255 e. The maximum absolute atomic E-state index is 12.7. The molecule has 1 amide bonds. The highest BCUT2D eigenvalue weighted by Crippen LogP contribution is 2.24. The van der Waals surface area contributed by atoms with E-state index in [1.54, 1.807) is 11.3 Å². The van der Waals surface area contributed by atoms with Gasteiger partial charge in [-0.05, 0) is 19.9 Å². The minimum atomic E-state index is 0.109. The summed E-state index contributed by atoms with van der Waals surface area (Å²) in [6.45, 7) is 10.3. The van der Waals surface area contributed by atoms with Crippen molar-refractivity contribution in [2.75, 3.05) is 6.54 Å². The van der Waals surface area contributed by atoms with Crippen LogP contribution in [0.3, 0.4) is 0 Å². The summed E-state index contributed by atoms with van der Waals surface area (Å²) in [5, 5.41) is 8.52. The molecule has 2 aromatic rings. The molecule has 112 valence electrons. The van der Waals surface area contributed by atoms with Crippen LogP contribution in [-0.2, 0) is 13.1 Å². The highest BCUT2D eigenvalue weighted by molar-refractivity contribution is 7.12. The summed E-state index contributed by atoms with van der Waals surface area (Å²) < 4.78 is 2.15. The first-order valence-electron chi connectivity index (χ1n) is 7.25. The topological polar surface area (TPSA) is 51.0 Å². The first-order chi connectivity index (χ1) is 9.97. The van der Waals surface area contributed by atoms with Crippen LogP contribution in [0.2, 0.25) is 0 Å². The van der Waals surface area contributed by atoms with Crippen LogP contribution in [-0.4, -0.2) is 32.1 Å². The smallest absolute Gasteiger partial charge is 0.255 e. The van der Waals surface area contributed by atoms with Crippen LogP contribution in [0, 0.1) is 13.8 Å². The summed E-state index contributed by atoms with van der Waals surface area (Å²) in [7, 11) is 0. The van der Waals surface area contributed by atoms with Crippen LogP contribution in [0.25, 0.3) is 0 Å². The molecule has 1 aliphatic heterocycles. The number of aryl methyl sites for hydroxylation is 2. The number of rotatable bonds is 2. The van der Waals surface area contributed by atoms with Crippen molar-refractivity contribution in [1.82, 2.24) is 19.7 Å². The Kier molecular flexibility index (Phi) is 3.57. The number of hydrogen-bond acceptors (Lipinski definition) is 4. The van der Waals surface area contributed by atoms with E-state index in [9.17, 15) is 4.79 Å². The van der Waals surface area contributed by atoms with Crippen LogP contribution >= 0.6 is 11.3 Å². The fourth-order valence-corrected chi connectivity index (χ4v) is 3.71. The van der Waals surface area contributed by atoms with Gasteiger partial charge < -0.3 is 9.47 Å².